The van der Waals surface area contributed by atoms with Gasteiger partial charge in [0, 0.05) is 30.4 Å². The summed E-state index contributed by atoms with van der Waals surface area (Å²) in [7, 11) is 1.71. The molecule has 0 spiro atoms. The summed E-state index contributed by atoms with van der Waals surface area (Å²) in [5.41, 5.74) is 2.05. The molecule has 0 aliphatic rings. The molecule has 0 unspecified atom stereocenters. The minimum atomic E-state index is -0.451. The molecule has 17 heavy (non-hydrogen) atoms. The van der Waals surface area contributed by atoms with Crippen LogP contribution in [0, 0.1) is 0 Å². The maximum atomic E-state index is 9.57. The SMILES string of the molecule is CCN(CCOC)c1ccc([C@@H](C)O)c(Br)c1. The van der Waals surface area contributed by atoms with Crippen LogP contribution >= 0.6 is 15.9 Å². The molecule has 0 heterocycles. The Kier molecular flexibility index (Phi) is 5.95. The summed E-state index contributed by atoms with van der Waals surface area (Å²) in [5, 5.41) is 9.57. The maximum Gasteiger partial charge on any atom is 0.0772 e. The summed E-state index contributed by atoms with van der Waals surface area (Å²) >= 11 is 3.50. The van der Waals surface area contributed by atoms with Gasteiger partial charge in [-0.05, 0) is 31.5 Å². The highest BCUT2D eigenvalue weighted by atomic mass is 79.9. The van der Waals surface area contributed by atoms with E-state index >= 15 is 0 Å². The number of methoxy groups -OCH3 is 1. The first-order valence-electron chi connectivity index (χ1n) is 5.81. The molecule has 0 bridgehead atoms. The van der Waals surface area contributed by atoms with Gasteiger partial charge in [-0.2, -0.15) is 0 Å². The van der Waals surface area contributed by atoms with Crippen molar-refractivity contribution in [1.29, 1.82) is 0 Å². The lowest BCUT2D eigenvalue weighted by Gasteiger charge is -2.23. The number of likely N-dealkylation sites (N-methyl/N-ethyl adjacent to an activating group) is 1. The zero-order valence-electron chi connectivity index (χ0n) is 10.6. The minimum absolute atomic E-state index is 0.451. The molecule has 1 aromatic carbocycles. The Hall–Kier alpha value is -0.580. The van der Waals surface area contributed by atoms with Gasteiger partial charge in [-0.3, -0.25) is 0 Å². The Balaban J connectivity index is 2.86. The highest BCUT2D eigenvalue weighted by Crippen LogP contribution is 2.28. The zero-order valence-corrected chi connectivity index (χ0v) is 12.2. The first-order valence-corrected chi connectivity index (χ1v) is 6.60. The van der Waals surface area contributed by atoms with Gasteiger partial charge in [-0.1, -0.05) is 22.0 Å². The Morgan fingerprint density at radius 2 is 2.18 bits per heavy atom. The lowest BCUT2D eigenvalue weighted by atomic mass is 10.1. The van der Waals surface area contributed by atoms with Crippen LogP contribution in [0.15, 0.2) is 22.7 Å². The van der Waals surface area contributed by atoms with E-state index in [1.54, 1.807) is 14.0 Å². The molecule has 0 radical (unpaired) electrons. The minimum Gasteiger partial charge on any atom is -0.389 e. The number of ether oxygens (including phenoxy) is 1. The summed E-state index contributed by atoms with van der Waals surface area (Å²) in [4.78, 5) is 2.24. The van der Waals surface area contributed by atoms with Crippen molar-refractivity contribution in [2.75, 3.05) is 31.7 Å². The predicted molar refractivity (Wildman–Crippen MR) is 74.5 cm³/mol. The number of nitrogens with zero attached hydrogens (tertiary/aromatic N) is 1. The molecule has 0 amide bonds. The summed E-state index contributed by atoms with van der Waals surface area (Å²) < 4.78 is 6.04. The van der Waals surface area contributed by atoms with Crippen molar-refractivity contribution in [3.05, 3.63) is 28.2 Å². The van der Waals surface area contributed by atoms with E-state index in [0.29, 0.717) is 6.61 Å². The van der Waals surface area contributed by atoms with Gasteiger partial charge in [0.25, 0.3) is 0 Å². The predicted octanol–water partition coefficient (Wildman–Crippen LogP) is 2.98. The third-order valence-electron chi connectivity index (χ3n) is 2.75. The number of rotatable bonds is 6. The van der Waals surface area contributed by atoms with Crippen molar-refractivity contribution in [2.45, 2.75) is 20.0 Å². The molecule has 96 valence electrons. The summed E-state index contributed by atoms with van der Waals surface area (Å²) in [6, 6.07) is 6.03. The summed E-state index contributed by atoms with van der Waals surface area (Å²) in [6.07, 6.45) is -0.451. The topological polar surface area (TPSA) is 32.7 Å². The molecule has 0 aliphatic heterocycles. The fourth-order valence-electron chi connectivity index (χ4n) is 1.72. The van der Waals surface area contributed by atoms with Gasteiger partial charge < -0.3 is 14.7 Å². The molecule has 0 saturated carbocycles. The number of hydrogen-bond donors (Lipinski definition) is 1. The number of benzene rings is 1. The lowest BCUT2D eigenvalue weighted by molar-refractivity contribution is 0.198. The van der Waals surface area contributed by atoms with E-state index in [2.05, 4.69) is 27.8 Å². The first kappa shape index (κ1) is 14.5. The molecule has 3 nitrogen and oxygen atoms in total. The van der Waals surface area contributed by atoms with E-state index in [-0.39, 0.29) is 0 Å². The Morgan fingerprint density at radius 3 is 2.65 bits per heavy atom. The normalized spacial score (nSPS) is 12.5. The second kappa shape index (κ2) is 6.99. The summed E-state index contributed by atoms with van der Waals surface area (Å²) in [6.45, 7) is 6.40. The molecular formula is C13H20BrNO2. The van der Waals surface area contributed by atoms with E-state index < -0.39 is 6.10 Å². The highest BCUT2D eigenvalue weighted by Gasteiger charge is 2.09. The molecule has 0 fully saturated rings. The smallest absolute Gasteiger partial charge is 0.0772 e. The standard InChI is InChI=1S/C13H20BrNO2/c1-4-15(7-8-17-3)11-5-6-12(10(2)16)13(14)9-11/h5-6,9-10,16H,4,7-8H2,1-3H3/t10-/m1/s1. The fourth-order valence-corrected chi connectivity index (χ4v) is 2.42. The van der Waals surface area contributed by atoms with Gasteiger partial charge in [-0.25, -0.2) is 0 Å². The van der Waals surface area contributed by atoms with Gasteiger partial charge in [0.15, 0.2) is 0 Å². The molecular weight excluding hydrogens is 282 g/mol. The van der Waals surface area contributed by atoms with Crippen molar-refractivity contribution in [1.82, 2.24) is 0 Å². The van der Waals surface area contributed by atoms with Crippen LogP contribution in [0.1, 0.15) is 25.5 Å². The Morgan fingerprint density at radius 1 is 1.47 bits per heavy atom. The Labute approximate surface area is 112 Å². The molecule has 1 rings (SSSR count). The number of halogens is 1. The van der Waals surface area contributed by atoms with Crippen molar-refractivity contribution in [3.8, 4) is 0 Å². The number of hydrogen-bond acceptors (Lipinski definition) is 3. The second-order valence-electron chi connectivity index (χ2n) is 3.95. The zero-order chi connectivity index (χ0) is 12.8. The van der Waals surface area contributed by atoms with Crippen molar-refractivity contribution in [2.24, 2.45) is 0 Å². The van der Waals surface area contributed by atoms with Gasteiger partial charge in [0.05, 0.1) is 12.7 Å². The maximum absolute atomic E-state index is 9.57. The monoisotopic (exact) mass is 301 g/mol. The van der Waals surface area contributed by atoms with Gasteiger partial charge in [0.2, 0.25) is 0 Å². The van der Waals surface area contributed by atoms with E-state index in [1.807, 2.05) is 18.2 Å². The number of aliphatic hydroxyl groups excluding tert-OH is 1. The van der Waals surface area contributed by atoms with E-state index in [9.17, 15) is 5.11 Å². The average molecular weight is 302 g/mol. The van der Waals surface area contributed by atoms with Crippen LogP contribution in [0.2, 0.25) is 0 Å². The van der Waals surface area contributed by atoms with Gasteiger partial charge in [-0.15, -0.1) is 0 Å². The number of aliphatic hydroxyl groups is 1. The van der Waals surface area contributed by atoms with E-state index in [0.717, 1.165) is 28.8 Å². The van der Waals surface area contributed by atoms with Crippen molar-refractivity contribution < 1.29 is 9.84 Å². The van der Waals surface area contributed by atoms with Crippen LogP contribution in [0.4, 0.5) is 5.69 Å². The lowest BCUT2D eigenvalue weighted by Crippen LogP contribution is -2.26. The van der Waals surface area contributed by atoms with Crippen LogP contribution < -0.4 is 4.90 Å². The molecule has 1 atom stereocenters. The van der Waals surface area contributed by atoms with E-state index in [4.69, 9.17) is 4.74 Å². The molecule has 1 N–H and O–H groups in total. The third kappa shape index (κ3) is 3.98. The van der Waals surface area contributed by atoms with Gasteiger partial charge >= 0.3 is 0 Å². The second-order valence-corrected chi connectivity index (χ2v) is 4.81. The van der Waals surface area contributed by atoms with E-state index in [1.165, 1.54) is 0 Å². The molecule has 4 heteroatoms. The van der Waals surface area contributed by atoms with Crippen LogP contribution in [-0.4, -0.2) is 31.9 Å². The summed E-state index contributed by atoms with van der Waals surface area (Å²) in [5.74, 6) is 0. The van der Waals surface area contributed by atoms with Crippen LogP contribution in [0.5, 0.6) is 0 Å². The van der Waals surface area contributed by atoms with Crippen LogP contribution in [0.3, 0.4) is 0 Å². The van der Waals surface area contributed by atoms with Crippen LogP contribution in [-0.2, 0) is 4.74 Å². The quantitative estimate of drug-likeness (QED) is 0.877. The average Bonchev–Trinajstić information content (AvgIpc) is 2.29. The molecule has 0 aliphatic carbocycles. The molecule has 0 saturated heterocycles. The van der Waals surface area contributed by atoms with Crippen molar-refractivity contribution >= 4 is 21.6 Å². The third-order valence-corrected chi connectivity index (χ3v) is 3.43. The molecule has 1 aromatic rings. The Bertz CT molecular complexity index is 355. The van der Waals surface area contributed by atoms with Gasteiger partial charge in [0.1, 0.15) is 0 Å². The van der Waals surface area contributed by atoms with Crippen molar-refractivity contribution in [3.63, 3.8) is 0 Å². The largest absolute Gasteiger partial charge is 0.389 e. The van der Waals surface area contributed by atoms with Crippen LogP contribution in [0.25, 0.3) is 0 Å². The number of anilines is 1. The highest BCUT2D eigenvalue weighted by molar-refractivity contribution is 9.10. The first-order chi connectivity index (χ1) is 8.10. The fraction of sp³-hybridized carbons (Fsp3) is 0.538. The molecule has 0 aromatic heterocycles.